The van der Waals surface area contributed by atoms with Crippen LogP contribution in [0.5, 0.6) is 0 Å². The Balaban J connectivity index is 0.00000144. The van der Waals surface area contributed by atoms with Crippen LogP contribution in [0, 0.1) is 0 Å². The minimum atomic E-state index is -0.659. The largest absolute Gasteiger partial charge is 0.339 e. The van der Waals surface area contributed by atoms with E-state index in [1.807, 2.05) is 9.80 Å². The van der Waals surface area contributed by atoms with Gasteiger partial charge >= 0.3 is 0 Å². The van der Waals surface area contributed by atoms with Crippen molar-refractivity contribution in [1.29, 1.82) is 0 Å². The van der Waals surface area contributed by atoms with Crippen molar-refractivity contribution in [2.45, 2.75) is 56.5 Å². The third-order valence-electron chi connectivity index (χ3n) is 5.42. The van der Waals surface area contributed by atoms with Gasteiger partial charge in [-0.2, -0.15) is 0 Å². The number of carbonyl (C=O) groups excluding carboxylic acids is 2. The Labute approximate surface area is 156 Å². The highest BCUT2D eigenvalue weighted by molar-refractivity contribution is 5.86. The van der Waals surface area contributed by atoms with E-state index < -0.39 is 5.54 Å². The zero-order valence-electron chi connectivity index (χ0n) is 14.2. The zero-order chi connectivity index (χ0) is 15.6. The van der Waals surface area contributed by atoms with Crippen LogP contribution in [-0.4, -0.2) is 65.9 Å². The number of amides is 2. The predicted octanol–water partition coefficient (Wildman–Crippen LogP) is 0.914. The lowest BCUT2D eigenvalue weighted by Crippen LogP contribution is -2.62. The average Bonchev–Trinajstić information content (AvgIpc) is 2.55. The quantitative estimate of drug-likeness (QED) is 0.746. The molecule has 0 bridgehead atoms. The van der Waals surface area contributed by atoms with E-state index in [1.54, 1.807) is 0 Å². The number of likely N-dealkylation sites (tertiary alicyclic amines) is 1. The molecule has 6 nitrogen and oxygen atoms in total. The predicted molar refractivity (Wildman–Crippen MR) is 98.7 cm³/mol. The molecule has 0 aromatic rings. The van der Waals surface area contributed by atoms with Crippen molar-refractivity contribution in [3.05, 3.63) is 0 Å². The summed E-state index contributed by atoms with van der Waals surface area (Å²) in [6.07, 6.45) is 6.85. The van der Waals surface area contributed by atoms with Gasteiger partial charge in [-0.25, -0.2) is 0 Å². The second kappa shape index (κ2) is 9.22. The lowest BCUT2D eigenvalue weighted by Gasteiger charge is -2.44. The van der Waals surface area contributed by atoms with Crippen molar-refractivity contribution in [1.82, 2.24) is 15.1 Å². The molecule has 1 unspecified atom stereocenters. The second-order valence-corrected chi connectivity index (χ2v) is 7.03. The molecule has 3 aliphatic rings. The van der Waals surface area contributed by atoms with Crippen molar-refractivity contribution >= 4 is 36.6 Å². The Kier molecular flexibility index (Phi) is 8.26. The summed E-state index contributed by atoms with van der Waals surface area (Å²) >= 11 is 0. The molecule has 1 saturated carbocycles. The van der Waals surface area contributed by atoms with Crippen LogP contribution in [0.25, 0.3) is 0 Å². The van der Waals surface area contributed by atoms with E-state index in [1.165, 1.54) is 6.42 Å². The highest BCUT2D eigenvalue weighted by Gasteiger charge is 2.40. The SMILES string of the molecule is Cl.Cl.NC1(C(=O)N2CCCC(N3CCNCC3=O)C2)CCCCC1. The Morgan fingerprint density at radius 1 is 1.12 bits per heavy atom. The van der Waals surface area contributed by atoms with Gasteiger partial charge in [-0.15, -0.1) is 24.8 Å². The molecule has 8 heteroatoms. The summed E-state index contributed by atoms with van der Waals surface area (Å²) in [6.45, 7) is 3.46. The number of nitrogens with one attached hydrogen (secondary N) is 1. The van der Waals surface area contributed by atoms with Crippen molar-refractivity contribution in [2.24, 2.45) is 5.73 Å². The van der Waals surface area contributed by atoms with E-state index in [-0.39, 0.29) is 42.7 Å². The number of hydrogen-bond acceptors (Lipinski definition) is 4. The van der Waals surface area contributed by atoms with Crippen molar-refractivity contribution in [3.63, 3.8) is 0 Å². The molecular weight excluding hydrogens is 351 g/mol. The summed E-state index contributed by atoms with van der Waals surface area (Å²) in [4.78, 5) is 28.8. The summed E-state index contributed by atoms with van der Waals surface area (Å²) < 4.78 is 0. The van der Waals surface area contributed by atoms with Crippen LogP contribution in [0.1, 0.15) is 44.9 Å². The molecule has 140 valence electrons. The van der Waals surface area contributed by atoms with E-state index in [4.69, 9.17) is 5.73 Å². The van der Waals surface area contributed by atoms with Crippen molar-refractivity contribution in [3.8, 4) is 0 Å². The van der Waals surface area contributed by atoms with Crippen LogP contribution in [0.15, 0.2) is 0 Å². The Hall–Kier alpha value is -0.560. The summed E-state index contributed by atoms with van der Waals surface area (Å²) in [6, 6.07) is 0.166. The standard InChI is InChI=1S/C16H28N4O2.2ClH/c17-16(6-2-1-3-7-16)15(22)19-9-4-5-13(12-19)20-10-8-18-11-14(20)21;;/h13,18H,1-12,17H2;2*1H. The molecule has 3 rings (SSSR count). The van der Waals surface area contributed by atoms with Crippen LogP contribution in [0.4, 0.5) is 0 Å². The molecule has 0 aromatic heterocycles. The molecule has 2 amide bonds. The molecule has 0 spiro atoms. The van der Waals surface area contributed by atoms with E-state index in [9.17, 15) is 9.59 Å². The molecular formula is C16H30Cl2N4O2. The molecule has 0 radical (unpaired) electrons. The summed E-state index contributed by atoms with van der Waals surface area (Å²) in [5.41, 5.74) is 5.74. The number of nitrogens with two attached hydrogens (primary N) is 1. The van der Waals surface area contributed by atoms with E-state index in [0.29, 0.717) is 13.1 Å². The van der Waals surface area contributed by atoms with Crippen LogP contribution >= 0.6 is 24.8 Å². The molecule has 2 heterocycles. The number of nitrogens with zero attached hydrogens (tertiary/aromatic N) is 2. The number of halogens is 2. The van der Waals surface area contributed by atoms with Crippen LogP contribution in [-0.2, 0) is 9.59 Å². The van der Waals surface area contributed by atoms with Crippen molar-refractivity contribution in [2.75, 3.05) is 32.7 Å². The first-order chi connectivity index (χ1) is 10.6. The number of carbonyl (C=O) groups is 2. The van der Waals surface area contributed by atoms with Gasteiger partial charge in [0.15, 0.2) is 0 Å². The summed E-state index contributed by atoms with van der Waals surface area (Å²) in [5.74, 6) is 0.269. The molecule has 2 aliphatic heterocycles. The maximum atomic E-state index is 12.9. The number of hydrogen-bond donors (Lipinski definition) is 2. The lowest BCUT2D eigenvalue weighted by atomic mass is 9.81. The first-order valence-electron chi connectivity index (χ1n) is 8.69. The van der Waals surface area contributed by atoms with E-state index >= 15 is 0 Å². The van der Waals surface area contributed by atoms with Gasteiger partial charge in [-0.1, -0.05) is 19.3 Å². The second-order valence-electron chi connectivity index (χ2n) is 7.03. The molecule has 3 N–H and O–H groups in total. The van der Waals surface area contributed by atoms with Crippen LogP contribution in [0.3, 0.4) is 0 Å². The normalized spacial score (nSPS) is 27.0. The lowest BCUT2D eigenvalue weighted by molar-refractivity contribution is -0.144. The maximum absolute atomic E-state index is 12.9. The Morgan fingerprint density at radius 2 is 1.83 bits per heavy atom. The molecule has 24 heavy (non-hydrogen) atoms. The van der Waals surface area contributed by atoms with Gasteiger partial charge in [-0.05, 0) is 25.7 Å². The average molecular weight is 381 g/mol. The fraction of sp³-hybridized carbons (Fsp3) is 0.875. The maximum Gasteiger partial charge on any atom is 0.242 e. The monoisotopic (exact) mass is 380 g/mol. The Morgan fingerprint density at radius 3 is 2.50 bits per heavy atom. The zero-order valence-corrected chi connectivity index (χ0v) is 15.8. The fourth-order valence-electron chi connectivity index (χ4n) is 4.11. The highest BCUT2D eigenvalue weighted by Crippen LogP contribution is 2.29. The summed E-state index contributed by atoms with van der Waals surface area (Å²) in [5, 5.41) is 3.10. The van der Waals surface area contributed by atoms with E-state index in [0.717, 1.165) is 58.2 Å². The topological polar surface area (TPSA) is 78.7 Å². The minimum Gasteiger partial charge on any atom is -0.339 e. The number of piperazine rings is 1. The van der Waals surface area contributed by atoms with Gasteiger partial charge in [-0.3, -0.25) is 9.59 Å². The highest BCUT2D eigenvalue weighted by atomic mass is 35.5. The Bertz CT molecular complexity index is 444. The molecule has 2 saturated heterocycles. The van der Waals surface area contributed by atoms with Gasteiger partial charge in [0, 0.05) is 32.2 Å². The van der Waals surface area contributed by atoms with Crippen molar-refractivity contribution < 1.29 is 9.59 Å². The van der Waals surface area contributed by atoms with Gasteiger partial charge in [0.05, 0.1) is 12.1 Å². The van der Waals surface area contributed by atoms with Gasteiger partial charge in [0.1, 0.15) is 0 Å². The first-order valence-corrected chi connectivity index (χ1v) is 8.69. The minimum absolute atomic E-state index is 0. The molecule has 0 aromatic carbocycles. The van der Waals surface area contributed by atoms with Gasteiger partial charge in [0.25, 0.3) is 0 Å². The molecule has 1 atom stereocenters. The molecule has 1 aliphatic carbocycles. The van der Waals surface area contributed by atoms with E-state index in [2.05, 4.69) is 5.32 Å². The number of rotatable bonds is 2. The van der Waals surface area contributed by atoms with Gasteiger partial charge < -0.3 is 20.9 Å². The first kappa shape index (κ1) is 21.5. The fourth-order valence-corrected chi connectivity index (χ4v) is 4.11. The third kappa shape index (κ3) is 4.54. The smallest absolute Gasteiger partial charge is 0.242 e. The number of piperidine rings is 1. The van der Waals surface area contributed by atoms with Crippen LogP contribution in [0.2, 0.25) is 0 Å². The molecule has 3 fully saturated rings. The van der Waals surface area contributed by atoms with Crippen LogP contribution < -0.4 is 11.1 Å². The summed E-state index contributed by atoms with van der Waals surface area (Å²) in [7, 11) is 0. The van der Waals surface area contributed by atoms with Gasteiger partial charge in [0.2, 0.25) is 11.8 Å². The third-order valence-corrected chi connectivity index (χ3v) is 5.42.